The lowest BCUT2D eigenvalue weighted by molar-refractivity contribution is -0.146. The lowest BCUT2D eigenvalue weighted by Crippen LogP contribution is -2.56. The van der Waals surface area contributed by atoms with E-state index in [-0.39, 0.29) is 60.5 Å². The number of benzene rings is 1. The summed E-state index contributed by atoms with van der Waals surface area (Å²) in [5.41, 5.74) is 0.713. The van der Waals surface area contributed by atoms with Gasteiger partial charge in [-0.1, -0.05) is 71.4 Å². The van der Waals surface area contributed by atoms with Crippen molar-refractivity contribution in [1.82, 2.24) is 30.7 Å². The van der Waals surface area contributed by atoms with Crippen molar-refractivity contribution in [2.45, 2.75) is 116 Å². The first-order valence-electron chi connectivity index (χ1n) is 19.6. The van der Waals surface area contributed by atoms with E-state index in [4.69, 9.17) is 9.47 Å². The standard InChI is InChI=1S/C40H68N6O7/c1-10-27(4)36(44(7)34(48)25-42-40(51)35(26(2)3)45-21-15-19-41-20-23-45)32(52-8)24-33(47)46-22-14-18-31(46)38(53-9)28(5)39(50)43-29(6)37(49)30-16-12-11-13-17-30/h11-13,16-17,26-29,31-32,35-38,41,49H,10,14-15,18-25H2,1-9H3,(H,42,51)(H,43,50). The summed E-state index contributed by atoms with van der Waals surface area (Å²) in [6.07, 6.45) is 1.17. The highest BCUT2D eigenvalue weighted by Crippen LogP contribution is 2.29. The largest absolute Gasteiger partial charge is 0.386 e. The molecule has 4 amide bonds. The maximum Gasteiger partial charge on any atom is 0.242 e. The average Bonchev–Trinajstić information content (AvgIpc) is 3.48. The number of hydrogen-bond donors (Lipinski definition) is 4. The summed E-state index contributed by atoms with van der Waals surface area (Å²) in [5, 5.41) is 20.1. The number of methoxy groups -OCH3 is 2. The fraction of sp³-hybridized carbons (Fsp3) is 0.750. The van der Waals surface area contributed by atoms with E-state index in [0.717, 1.165) is 45.4 Å². The van der Waals surface area contributed by atoms with Gasteiger partial charge in [-0.05, 0) is 50.1 Å². The van der Waals surface area contributed by atoms with E-state index in [9.17, 15) is 24.3 Å². The summed E-state index contributed by atoms with van der Waals surface area (Å²) in [7, 11) is 4.84. The van der Waals surface area contributed by atoms with Crippen molar-refractivity contribution in [3.63, 3.8) is 0 Å². The second-order valence-electron chi connectivity index (χ2n) is 15.3. The third-order valence-corrected chi connectivity index (χ3v) is 11.4. The van der Waals surface area contributed by atoms with Crippen molar-refractivity contribution in [2.24, 2.45) is 17.8 Å². The van der Waals surface area contributed by atoms with E-state index < -0.39 is 36.3 Å². The van der Waals surface area contributed by atoms with Gasteiger partial charge in [0.1, 0.15) is 0 Å². The van der Waals surface area contributed by atoms with Gasteiger partial charge in [0, 0.05) is 47.4 Å². The van der Waals surface area contributed by atoms with E-state index in [1.54, 1.807) is 44.9 Å². The van der Waals surface area contributed by atoms with Crippen LogP contribution in [-0.4, -0.2) is 140 Å². The number of rotatable bonds is 19. The molecular weight excluding hydrogens is 676 g/mol. The molecule has 0 saturated carbocycles. The number of carbonyl (C=O) groups is 4. The topological polar surface area (TPSA) is 153 Å². The average molecular weight is 745 g/mol. The number of likely N-dealkylation sites (N-methyl/N-ethyl adjacent to an activating group) is 1. The number of nitrogens with one attached hydrogen (secondary N) is 3. The lowest BCUT2D eigenvalue weighted by atomic mass is 9.90. The molecule has 13 heteroatoms. The molecule has 0 radical (unpaired) electrons. The number of nitrogens with zero attached hydrogens (tertiary/aromatic N) is 3. The monoisotopic (exact) mass is 745 g/mol. The van der Waals surface area contributed by atoms with Crippen LogP contribution < -0.4 is 16.0 Å². The van der Waals surface area contributed by atoms with Gasteiger partial charge in [-0.2, -0.15) is 0 Å². The fourth-order valence-electron chi connectivity index (χ4n) is 8.13. The minimum Gasteiger partial charge on any atom is -0.386 e. The van der Waals surface area contributed by atoms with Gasteiger partial charge in [0.05, 0.1) is 61.4 Å². The maximum atomic E-state index is 14.1. The Labute approximate surface area is 317 Å². The van der Waals surface area contributed by atoms with Gasteiger partial charge >= 0.3 is 0 Å². The number of aliphatic hydroxyl groups is 1. The highest BCUT2D eigenvalue weighted by atomic mass is 16.5. The van der Waals surface area contributed by atoms with Crippen LogP contribution in [0.5, 0.6) is 0 Å². The van der Waals surface area contributed by atoms with Crippen LogP contribution in [0, 0.1) is 17.8 Å². The number of aliphatic hydroxyl groups excluding tert-OH is 1. The van der Waals surface area contributed by atoms with Gasteiger partial charge in [0.25, 0.3) is 0 Å². The SMILES string of the molecule is CCC(C)C(C(CC(=O)N1CCCC1C(OC)C(C)C(=O)NC(C)C(O)c1ccccc1)OC)N(C)C(=O)CNC(=O)C(C(C)C)N1CCCNCC1. The second-order valence-corrected chi connectivity index (χ2v) is 15.3. The van der Waals surface area contributed by atoms with Crippen molar-refractivity contribution < 1.29 is 33.8 Å². The van der Waals surface area contributed by atoms with Crippen molar-refractivity contribution in [1.29, 1.82) is 0 Å². The zero-order valence-electron chi connectivity index (χ0n) is 33.7. The molecule has 2 aliphatic heterocycles. The molecule has 300 valence electrons. The maximum absolute atomic E-state index is 14.1. The number of ether oxygens (including phenoxy) is 2. The summed E-state index contributed by atoms with van der Waals surface area (Å²) in [5.74, 6) is -1.30. The summed E-state index contributed by atoms with van der Waals surface area (Å²) < 4.78 is 11.9. The molecule has 9 atom stereocenters. The van der Waals surface area contributed by atoms with E-state index in [1.807, 2.05) is 58.0 Å². The number of carbonyl (C=O) groups excluding carboxylic acids is 4. The predicted molar refractivity (Wildman–Crippen MR) is 206 cm³/mol. The van der Waals surface area contributed by atoms with Crippen LogP contribution in [0.15, 0.2) is 30.3 Å². The molecule has 53 heavy (non-hydrogen) atoms. The Balaban J connectivity index is 1.67. The van der Waals surface area contributed by atoms with Crippen LogP contribution in [-0.2, 0) is 28.7 Å². The number of likely N-dealkylation sites (tertiary alicyclic amines) is 1. The van der Waals surface area contributed by atoms with Crippen molar-refractivity contribution >= 4 is 23.6 Å². The molecule has 2 saturated heterocycles. The second kappa shape index (κ2) is 21.7. The Morgan fingerprint density at radius 2 is 1.66 bits per heavy atom. The number of amides is 4. The molecule has 13 nitrogen and oxygen atoms in total. The Morgan fingerprint density at radius 1 is 0.962 bits per heavy atom. The third-order valence-electron chi connectivity index (χ3n) is 11.4. The van der Waals surface area contributed by atoms with Gasteiger partial charge in [-0.25, -0.2) is 0 Å². The molecule has 0 aromatic heterocycles. The molecule has 4 N–H and O–H groups in total. The highest BCUT2D eigenvalue weighted by molar-refractivity contribution is 5.88. The molecule has 2 aliphatic rings. The Bertz CT molecular complexity index is 1290. The van der Waals surface area contributed by atoms with Gasteiger partial charge in [0.2, 0.25) is 23.6 Å². The smallest absolute Gasteiger partial charge is 0.242 e. The lowest BCUT2D eigenvalue weighted by Gasteiger charge is -2.39. The zero-order chi connectivity index (χ0) is 39.2. The Morgan fingerprint density at radius 3 is 2.28 bits per heavy atom. The van der Waals surface area contributed by atoms with E-state index in [0.29, 0.717) is 18.5 Å². The van der Waals surface area contributed by atoms with Gasteiger partial charge in [-0.3, -0.25) is 24.1 Å². The van der Waals surface area contributed by atoms with Crippen molar-refractivity contribution in [3.05, 3.63) is 35.9 Å². The predicted octanol–water partition coefficient (Wildman–Crippen LogP) is 2.58. The first-order chi connectivity index (χ1) is 25.3. The molecule has 0 aliphatic carbocycles. The Hall–Kier alpha value is -3.10. The molecular formula is C40H68N6O7. The van der Waals surface area contributed by atoms with E-state index >= 15 is 0 Å². The first-order valence-corrected chi connectivity index (χ1v) is 19.6. The summed E-state index contributed by atoms with van der Waals surface area (Å²) in [6.45, 7) is 15.4. The first kappa shape index (κ1) is 44.3. The molecule has 0 bridgehead atoms. The molecule has 0 spiro atoms. The van der Waals surface area contributed by atoms with Crippen LogP contribution >= 0.6 is 0 Å². The van der Waals surface area contributed by atoms with Crippen LogP contribution in [0.2, 0.25) is 0 Å². The molecule has 1 aromatic carbocycles. The van der Waals surface area contributed by atoms with Crippen molar-refractivity contribution in [3.8, 4) is 0 Å². The summed E-state index contributed by atoms with van der Waals surface area (Å²) >= 11 is 0. The van der Waals surface area contributed by atoms with Gasteiger partial charge in [-0.15, -0.1) is 0 Å². The normalized spacial score (nSPS) is 21.4. The van der Waals surface area contributed by atoms with Crippen LogP contribution in [0.4, 0.5) is 0 Å². The van der Waals surface area contributed by atoms with Gasteiger partial charge < -0.3 is 40.3 Å². The van der Waals surface area contributed by atoms with Crippen LogP contribution in [0.25, 0.3) is 0 Å². The van der Waals surface area contributed by atoms with E-state index in [2.05, 4.69) is 20.9 Å². The Kier molecular flexibility index (Phi) is 18.1. The quantitative estimate of drug-likeness (QED) is 0.168. The molecule has 1 aromatic rings. The highest BCUT2D eigenvalue weighted by Gasteiger charge is 2.42. The minimum atomic E-state index is -0.873. The van der Waals surface area contributed by atoms with Crippen molar-refractivity contribution in [2.75, 3.05) is 60.5 Å². The van der Waals surface area contributed by atoms with Crippen LogP contribution in [0.1, 0.15) is 85.3 Å². The fourth-order valence-corrected chi connectivity index (χ4v) is 8.13. The zero-order valence-corrected chi connectivity index (χ0v) is 33.7. The third kappa shape index (κ3) is 11.9. The molecule has 9 unspecified atom stereocenters. The van der Waals surface area contributed by atoms with Gasteiger partial charge in [0.15, 0.2) is 0 Å². The summed E-state index contributed by atoms with van der Waals surface area (Å²) in [4.78, 5) is 60.3. The minimum absolute atomic E-state index is 0.00320. The van der Waals surface area contributed by atoms with E-state index in [1.165, 1.54) is 0 Å². The molecule has 2 heterocycles. The molecule has 2 fully saturated rings. The van der Waals surface area contributed by atoms with Crippen LogP contribution in [0.3, 0.4) is 0 Å². The summed E-state index contributed by atoms with van der Waals surface area (Å²) in [6, 6.07) is 7.59. The number of hydrogen-bond acceptors (Lipinski definition) is 9. The molecule has 3 rings (SSSR count).